The van der Waals surface area contributed by atoms with E-state index < -0.39 is 5.97 Å². The molecule has 0 aliphatic rings. The van der Waals surface area contributed by atoms with Gasteiger partial charge in [-0.3, -0.25) is 9.59 Å². The lowest BCUT2D eigenvalue weighted by Crippen LogP contribution is -2.18. The lowest BCUT2D eigenvalue weighted by molar-refractivity contribution is -0.113. The van der Waals surface area contributed by atoms with Crippen LogP contribution in [0.2, 0.25) is 0 Å². The summed E-state index contributed by atoms with van der Waals surface area (Å²) in [7, 11) is 1.50. The summed E-state index contributed by atoms with van der Waals surface area (Å²) < 4.78 is 6.67. The van der Waals surface area contributed by atoms with Gasteiger partial charge >= 0.3 is 5.97 Å². The third-order valence-electron chi connectivity index (χ3n) is 4.82. The fourth-order valence-corrected chi connectivity index (χ4v) is 4.81. The molecule has 1 aromatic carbocycles. The summed E-state index contributed by atoms with van der Waals surface area (Å²) in [6.07, 6.45) is 0. The molecule has 33 heavy (non-hydrogen) atoms. The normalized spacial score (nSPS) is 10.7. The van der Waals surface area contributed by atoms with Crippen molar-refractivity contribution < 1.29 is 19.1 Å². The summed E-state index contributed by atoms with van der Waals surface area (Å²) in [5.74, 6) is -1.31. The maximum Gasteiger partial charge on any atom is 0.341 e. The van der Waals surface area contributed by atoms with E-state index in [1.165, 1.54) is 7.05 Å². The topological polar surface area (TPSA) is 128 Å². The highest BCUT2D eigenvalue weighted by atomic mass is 32.2. The number of carbonyl (C=O) groups is 3. The van der Waals surface area contributed by atoms with E-state index in [9.17, 15) is 14.4 Å². The van der Waals surface area contributed by atoms with Crippen LogP contribution in [-0.2, 0) is 9.53 Å². The van der Waals surface area contributed by atoms with Crippen LogP contribution in [0.4, 0.5) is 5.00 Å². The number of carbonyl (C=O) groups excluding carboxylic acids is 3. The molecule has 174 valence electrons. The lowest BCUT2D eigenvalue weighted by atomic mass is 10.1. The quantitative estimate of drug-likeness (QED) is 0.366. The van der Waals surface area contributed by atoms with Gasteiger partial charge in [-0.05, 0) is 66.9 Å². The largest absolute Gasteiger partial charge is 0.462 e. The number of tetrazole rings is 1. The monoisotopic (exact) mass is 488 g/mol. The van der Waals surface area contributed by atoms with Crippen molar-refractivity contribution in [2.45, 2.75) is 32.9 Å². The number of aryl methyl sites for hydroxylation is 2. The Labute approximate surface area is 199 Å². The van der Waals surface area contributed by atoms with Crippen molar-refractivity contribution in [1.82, 2.24) is 25.5 Å². The second-order valence-electron chi connectivity index (χ2n) is 7.04. The number of benzene rings is 1. The van der Waals surface area contributed by atoms with Crippen molar-refractivity contribution in [2.75, 3.05) is 24.7 Å². The van der Waals surface area contributed by atoms with Gasteiger partial charge in [-0.1, -0.05) is 17.8 Å². The molecule has 0 saturated carbocycles. The number of anilines is 1. The zero-order valence-electron chi connectivity index (χ0n) is 18.9. The van der Waals surface area contributed by atoms with Crippen LogP contribution in [0.25, 0.3) is 5.69 Å². The van der Waals surface area contributed by atoms with Gasteiger partial charge in [0.1, 0.15) is 5.00 Å². The van der Waals surface area contributed by atoms with E-state index in [-0.39, 0.29) is 34.7 Å². The van der Waals surface area contributed by atoms with E-state index in [4.69, 9.17) is 4.74 Å². The highest BCUT2D eigenvalue weighted by molar-refractivity contribution is 7.99. The van der Waals surface area contributed by atoms with E-state index in [2.05, 4.69) is 26.2 Å². The Morgan fingerprint density at radius 1 is 1.18 bits per heavy atom. The summed E-state index contributed by atoms with van der Waals surface area (Å²) in [4.78, 5) is 37.7. The Morgan fingerprint density at radius 3 is 2.61 bits per heavy atom. The lowest BCUT2D eigenvalue weighted by Gasteiger charge is -2.08. The average Bonchev–Trinajstić information content (AvgIpc) is 3.38. The Hall–Kier alpha value is -3.25. The highest BCUT2D eigenvalue weighted by Gasteiger charge is 2.26. The number of esters is 1. The van der Waals surface area contributed by atoms with Crippen LogP contribution >= 0.6 is 23.1 Å². The first-order valence-electron chi connectivity index (χ1n) is 10.1. The van der Waals surface area contributed by atoms with Gasteiger partial charge in [0.05, 0.1) is 28.5 Å². The number of amides is 2. The molecule has 0 bridgehead atoms. The second kappa shape index (κ2) is 10.6. The van der Waals surface area contributed by atoms with E-state index >= 15 is 0 Å². The van der Waals surface area contributed by atoms with Crippen LogP contribution in [0.15, 0.2) is 23.4 Å². The molecule has 2 N–H and O–H groups in total. The Kier molecular flexibility index (Phi) is 7.82. The molecule has 0 unspecified atom stereocenters. The number of nitrogens with one attached hydrogen (secondary N) is 2. The molecule has 2 heterocycles. The van der Waals surface area contributed by atoms with Gasteiger partial charge in [0.15, 0.2) is 0 Å². The Bertz CT molecular complexity index is 1200. The molecule has 10 nitrogen and oxygen atoms in total. The molecule has 0 radical (unpaired) electrons. The molecule has 2 aromatic heterocycles. The fraction of sp³-hybridized carbons (Fsp3) is 0.333. The van der Waals surface area contributed by atoms with Crippen LogP contribution in [0.3, 0.4) is 0 Å². The maximum atomic E-state index is 12.7. The van der Waals surface area contributed by atoms with Gasteiger partial charge in [-0.15, -0.1) is 16.4 Å². The zero-order chi connectivity index (χ0) is 24.1. The molecular formula is C21H24N6O4S2. The highest BCUT2D eigenvalue weighted by Crippen LogP contribution is 2.34. The van der Waals surface area contributed by atoms with Crippen molar-refractivity contribution >= 4 is 45.9 Å². The first-order chi connectivity index (χ1) is 15.8. The molecule has 0 atom stereocenters. The van der Waals surface area contributed by atoms with Crippen LogP contribution in [0.1, 0.15) is 43.6 Å². The number of thioether (sulfide) groups is 1. The third kappa shape index (κ3) is 5.40. The van der Waals surface area contributed by atoms with Crippen LogP contribution in [0, 0.1) is 20.8 Å². The van der Waals surface area contributed by atoms with Crippen molar-refractivity contribution in [1.29, 1.82) is 0 Å². The first-order valence-corrected chi connectivity index (χ1v) is 11.9. The SMILES string of the molecule is CCOC(=O)c1c(NC(=O)CSc2nnnn2-c2ccc(C)c(C)c2)sc(C(=O)NC)c1C. The van der Waals surface area contributed by atoms with Gasteiger partial charge in [-0.25, -0.2) is 4.79 Å². The van der Waals surface area contributed by atoms with E-state index in [0.717, 1.165) is 39.9 Å². The molecule has 12 heteroatoms. The predicted octanol–water partition coefficient (Wildman–Crippen LogP) is 2.92. The van der Waals surface area contributed by atoms with Gasteiger partial charge in [-0.2, -0.15) is 4.68 Å². The van der Waals surface area contributed by atoms with Crippen LogP contribution in [0.5, 0.6) is 0 Å². The van der Waals surface area contributed by atoms with E-state index in [1.807, 2.05) is 32.0 Å². The summed E-state index contributed by atoms with van der Waals surface area (Å²) in [5, 5.41) is 17.7. The van der Waals surface area contributed by atoms with Crippen molar-refractivity contribution in [3.05, 3.63) is 45.3 Å². The zero-order valence-corrected chi connectivity index (χ0v) is 20.5. The minimum Gasteiger partial charge on any atom is -0.462 e. The minimum atomic E-state index is -0.594. The van der Waals surface area contributed by atoms with E-state index in [1.54, 1.807) is 18.5 Å². The molecular weight excluding hydrogens is 464 g/mol. The number of rotatable bonds is 8. The van der Waals surface area contributed by atoms with Crippen molar-refractivity contribution in [3.8, 4) is 5.69 Å². The molecule has 0 saturated heterocycles. The second-order valence-corrected chi connectivity index (χ2v) is 9.00. The Morgan fingerprint density at radius 2 is 1.94 bits per heavy atom. The third-order valence-corrected chi connectivity index (χ3v) is 6.95. The summed E-state index contributed by atoms with van der Waals surface area (Å²) in [5.41, 5.74) is 3.68. The van der Waals surface area contributed by atoms with Crippen molar-refractivity contribution in [2.24, 2.45) is 0 Å². The molecule has 0 aliphatic heterocycles. The number of nitrogens with zero attached hydrogens (tertiary/aromatic N) is 4. The number of aromatic nitrogens is 4. The van der Waals surface area contributed by atoms with Crippen molar-refractivity contribution in [3.63, 3.8) is 0 Å². The standard InChI is InChI=1S/C21H24N6O4S2/c1-6-31-20(30)16-13(4)17(18(29)22-5)33-19(16)23-15(28)10-32-21-24-25-26-27(21)14-8-7-11(2)12(3)9-14/h7-9H,6,10H2,1-5H3,(H,22,29)(H,23,28). The molecule has 0 fully saturated rings. The number of thiophene rings is 1. The molecule has 0 spiro atoms. The fourth-order valence-electron chi connectivity index (χ4n) is 2.96. The van der Waals surface area contributed by atoms with Gasteiger partial charge in [0.2, 0.25) is 11.1 Å². The predicted molar refractivity (Wildman–Crippen MR) is 126 cm³/mol. The number of hydrogen-bond donors (Lipinski definition) is 2. The first kappa shape index (κ1) is 24.4. The average molecular weight is 489 g/mol. The summed E-state index contributed by atoms with van der Waals surface area (Å²) in [6, 6.07) is 5.85. The van der Waals surface area contributed by atoms with Crippen LogP contribution < -0.4 is 10.6 Å². The van der Waals surface area contributed by atoms with Gasteiger partial charge < -0.3 is 15.4 Å². The minimum absolute atomic E-state index is 0.000261. The van der Waals surface area contributed by atoms with Gasteiger partial charge in [0, 0.05) is 7.05 Å². The Balaban J connectivity index is 1.77. The molecule has 3 aromatic rings. The summed E-state index contributed by atoms with van der Waals surface area (Å²) in [6.45, 7) is 7.53. The molecule has 2 amide bonds. The smallest absolute Gasteiger partial charge is 0.341 e. The van der Waals surface area contributed by atoms with Crippen LogP contribution in [-0.4, -0.2) is 57.4 Å². The summed E-state index contributed by atoms with van der Waals surface area (Å²) >= 11 is 2.18. The van der Waals surface area contributed by atoms with E-state index in [0.29, 0.717) is 15.6 Å². The molecule has 3 rings (SSSR count). The molecule has 0 aliphatic carbocycles. The maximum absolute atomic E-state index is 12.7. The number of hydrogen-bond acceptors (Lipinski definition) is 9. The number of ether oxygens (including phenoxy) is 1. The van der Waals surface area contributed by atoms with Gasteiger partial charge in [0.25, 0.3) is 5.91 Å².